The van der Waals surface area contributed by atoms with Gasteiger partial charge in [-0.15, -0.1) is 0 Å². The van der Waals surface area contributed by atoms with Crippen molar-refractivity contribution in [2.75, 3.05) is 11.5 Å². The fourth-order valence-corrected chi connectivity index (χ4v) is 8.90. The Balaban J connectivity index is 2.23. The second kappa shape index (κ2) is 10.2. The zero-order chi connectivity index (χ0) is 19.3. The highest BCUT2D eigenvalue weighted by Crippen LogP contribution is 2.56. The summed E-state index contributed by atoms with van der Waals surface area (Å²) in [7, 11) is -1.73. The van der Waals surface area contributed by atoms with Crippen LogP contribution in [0.1, 0.15) is 12.8 Å². The fourth-order valence-electron chi connectivity index (χ4n) is 3.36. The van der Waals surface area contributed by atoms with E-state index in [1.807, 2.05) is 0 Å². The van der Waals surface area contributed by atoms with Crippen molar-refractivity contribution in [2.45, 2.75) is 12.8 Å². The zero-order valence-electron chi connectivity index (χ0n) is 14.7. The average Bonchev–Trinajstić information content (AvgIpc) is 2.68. The van der Waals surface area contributed by atoms with Crippen LogP contribution in [0.2, 0.25) is 0 Å². The van der Waals surface area contributed by atoms with E-state index >= 15 is 0 Å². The highest BCUT2D eigenvalue weighted by atomic mass is 79.9. The van der Waals surface area contributed by atoms with Crippen LogP contribution in [-0.2, 0) is 0 Å². The molecule has 3 rings (SSSR count). The molecule has 0 atom stereocenters. The Morgan fingerprint density at radius 2 is 0.852 bits per heavy atom. The van der Waals surface area contributed by atoms with E-state index in [0.29, 0.717) is 0 Å². The molecule has 0 fully saturated rings. The summed E-state index contributed by atoms with van der Waals surface area (Å²) in [5.74, 6) is 0. The van der Waals surface area contributed by atoms with Crippen LogP contribution in [0.5, 0.6) is 0 Å². The van der Waals surface area contributed by atoms with Gasteiger partial charge in [0.25, 0.3) is 0 Å². The Bertz CT molecular complexity index is 747. The molecule has 0 N–H and O–H groups in total. The van der Waals surface area contributed by atoms with Crippen LogP contribution in [0.15, 0.2) is 86.2 Å². The van der Waals surface area contributed by atoms with Crippen molar-refractivity contribution in [3.05, 3.63) is 86.2 Å². The number of hydrogen-bond acceptors (Lipinski definition) is 0. The van der Waals surface area contributed by atoms with Crippen LogP contribution in [0.3, 0.4) is 0 Å². The molecule has 0 amide bonds. The highest BCUT2D eigenvalue weighted by molar-refractivity contribution is 9.11. The molecule has 0 aliphatic carbocycles. The van der Waals surface area contributed by atoms with Crippen molar-refractivity contribution in [1.82, 2.24) is 0 Å². The molecule has 0 saturated carbocycles. The van der Waals surface area contributed by atoms with Gasteiger partial charge in [-0.25, -0.2) is 0 Å². The first-order chi connectivity index (χ1) is 13.1. The number of unbranched alkanes of at least 4 members (excludes halogenated alkanes) is 1. The van der Waals surface area contributed by atoms with Crippen molar-refractivity contribution in [3.63, 3.8) is 0 Å². The van der Waals surface area contributed by atoms with Crippen LogP contribution in [-0.4, -0.2) is 11.5 Å². The molecule has 0 aromatic heterocycles. The third kappa shape index (κ3) is 5.14. The van der Waals surface area contributed by atoms with Gasteiger partial charge in [0.05, 0.1) is 6.16 Å². The van der Waals surface area contributed by atoms with E-state index in [9.17, 15) is 0 Å². The minimum atomic E-state index is -1.73. The van der Waals surface area contributed by atoms with Gasteiger partial charge in [0, 0.05) is 18.7 Å². The first-order valence-electron chi connectivity index (χ1n) is 8.79. The van der Waals surface area contributed by atoms with Crippen molar-refractivity contribution >= 4 is 86.9 Å². The molecule has 27 heavy (non-hydrogen) atoms. The first kappa shape index (κ1) is 21.7. The summed E-state index contributed by atoms with van der Waals surface area (Å²) in [6.45, 7) is 0. The fraction of sp³-hybridized carbons (Fsp3) is 0.182. The standard InChI is InChI=1S/C22H20Br4P/c23-15-1-2-16-27(20-9-3-17(24)4-10-20,21-11-5-18(25)6-12-21)22-13-7-19(26)8-14-22/h3-14H,1-2,15-16H2/q+1. The van der Waals surface area contributed by atoms with Gasteiger partial charge in [-0.1, -0.05) is 63.7 Å². The zero-order valence-corrected chi connectivity index (χ0v) is 22.0. The molecule has 0 radical (unpaired) electrons. The Morgan fingerprint density at radius 1 is 0.519 bits per heavy atom. The Labute approximate surface area is 196 Å². The maximum atomic E-state index is 3.61. The normalized spacial score (nSPS) is 11.6. The van der Waals surface area contributed by atoms with Crippen molar-refractivity contribution in [2.24, 2.45) is 0 Å². The van der Waals surface area contributed by atoms with E-state index in [1.165, 1.54) is 34.9 Å². The number of hydrogen-bond donors (Lipinski definition) is 0. The Kier molecular flexibility index (Phi) is 8.17. The topological polar surface area (TPSA) is 0 Å². The smallest absolute Gasteiger partial charge is 0.0928 e. The van der Waals surface area contributed by atoms with Crippen LogP contribution in [0.4, 0.5) is 0 Å². The molecule has 5 heteroatoms. The second-order valence-electron chi connectivity index (χ2n) is 6.36. The molecule has 0 aliphatic heterocycles. The lowest BCUT2D eigenvalue weighted by molar-refractivity contribution is 0.908. The first-order valence-corrected chi connectivity index (χ1v) is 14.3. The molecule has 0 saturated heterocycles. The van der Waals surface area contributed by atoms with E-state index in [0.717, 1.165) is 18.7 Å². The predicted molar refractivity (Wildman–Crippen MR) is 136 cm³/mol. The summed E-state index contributed by atoms with van der Waals surface area (Å²) >= 11 is 14.4. The summed E-state index contributed by atoms with van der Waals surface area (Å²) in [5.41, 5.74) is 0. The highest BCUT2D eigenvalue weighted by Gasteiger charge is 2.44. The maximum absolute atomic E-state index is 3.61. The molecular weight excluding hydrogens is 615 g/mol. The molecular formula is C22H20Br4P+. The van der Waals surface area contributed by atoms with Gasteiger partial charge in [-0.3, -0.25) is 0 Å². The van der Waals surface area contributed by atoms with Gasteiger partial charge in [0.2, 0.25) is 0 Å². The number of rotatable bonds is 7. The van der Waals surface area contributed by atoms with Crippen molar-refractivity contribution in [1.29, 1.82) is 0 Å². The molecule has 0 heterocycles. The van der Waals surface area contributed by atoms with Gasteiger partial charge < -0.3 is 0 Å². The molecule has 3 aromatic carbocycles. The second-order valence-corrected chi connectivity index (χ2v) is 13.5. The summed E-state index contributed by atoms with van der Waals surface area (Å²) in [6.07, 6.45) is 3.55. The largest absolute Gasteiger partial charge is 0.112 e. The molecule has 0 bridgehead atoms. The van der Waals surface area contributed by atoms with Gasteiger partial charge >= 0.3 is 0 Å². The van der Waals surface area contributed by atoms with Crippen molar-refractivity contribution in [3.8, 4) is 0 Å². The van der Waals surface area contributed by atoms with Gasteiger partial charge in [0.15, 0.2) is 0 Å². The SMILES string of the molecule is BrCCCC[P+](c1ccc(Br)cc1)(c1ccc(Br)cc1)c1ccc(Br)cc1. The third-order valence-corrected chi connectivity index (χ3v) is 11.4. The Morgan fingerprint density at radius 3 is 1.15 bits per heavy atom. The van der Waals surface area contributed by atoms with E-state index < -0.39 is 7.26 Å². The predicted octanol–water partition coefficient (Wildman–Crippen LogP) is 7.44. The van der Waals surface area contributed by atoms with Crippen LogP contribution in [0.25, 0.3) is 0 Å². The van der Waals surface area contributed by atoms with E-state index in [4.69, 9.17) is 0 Å². The minimum Gasteiger partial charge on any atom is -0.0928 e. The molecule has 140 valence electrons. The number of alkyl halides is 1. The summed E-state index contributed by atoms with van der Waals surface area (Å²) in [4.78, 5) is 0. The van der Waals surface area contributed by atoms with E-state index in [1.54, 1.807) is 0 Å². The summed E-state index contributed by atoms with van der Waals surface area (Å²) < 4.78 is 3.37. The van der Waals surface area contributed by atoms with Crippen LogP contribution >= 0.6 is 71.0 Å². The average molecular weight is 635 g/mol. The number of benzene rings is 3. The van der Waals surface area contributed by atoms with Gasteiger partial charge in [-0.2, -0.15) is 0 Å². The lowest BCUT2D eigenvalue weighted by atomic mass is 10.3. The van der Waals surface area contributed by atoms with E-state index in [-0.39, 0.29) is 0 Å². The third-order valence-electron chi connectivity index (χ3n) is 4.68. The lowest BCUT2D eigenvalue weighted by Gasteiger charge is -2.28. The lowest BCUT2D eigenvalue weighted by Crippen LogP contribution is -2.33. The van der Waals surface area contributed by atoms with E-state index in [2.05, 4.69) is 137 Å². The monoisotopic (exact) mass is 631 g/mol. The van der Waals surface area contributed by atoms with Gasteiger partial charge in [-0.05, 0) is 85.6 Å². The molecule has 0 aliphatic rings. The molecule has 3 aromatic rings. The molecule has 0 nitrogen and oxygen atoms in total. The molecule has 0 spiro atoms. The summed E-state index contributed by atoms with van der Waals surface area (Å²) in [6, 6.07) is 26.8. The number of halogens is 4. The maximum Gasteiger partial charge on any atom is 0.112 e. The molecule has 0 unspecified atom stereocenters. The van der Waals surface area contributed by atoms with Crippen LogP contribution < -0.4 is 15.9 Å². The minimum absolute atomic E-state index is 1.05. The Hall–Kier alpha value is 0.01000. The quantitative estimate of drug-likeness (QED) is 0.144. The van der Waals surface area contributed by atoms with Gasteiger partial charge in [0.1, 0.15) is 23.2 Å². The summed E-state index contributed by atoms with van der Waals surface area (Å²) in [5, 5.41) is 5.35. The van der Waals surface area contributed by atoms with Crippen molar-refractivity contribution < 1.29 is 0 Å². The van der Waals surface area contributed by atoms with Crippen LogP contribution in [0, 0.1) is 0 Å².